The maximum atomic E-state index is 12.8. The van der Waals surface area contributed by atoms with Gasteiger partial charge in [-0.25, -0.2) is 0 Å². The number of likely N-dealkylation sites (tertiary alicyclic amines) is 1. The molecule has 5 heteroatoms. The van der Waals surface area contributed by atoms with Crippen LogP contribution >= 0.6 is 0 Å². The first-order valence-corrected chi connectivity index (χ1v) is 8.52. The van der Waals surface area contributed by atoms with Crippen molar-refractivity contribution < 1.29 is 9.90 Å². The summed E-state index contributed by atoms with van der Waals surface area (Å²) in [6, 6.07) is 7.91. The van der Waals surface area contributed by atoms with E-state index in [0.717, 1.165) is 55.7 Å². The highest BCUT2D eigenvalue weighted by Gasteiger charge is 2.27. The molecule has 0 aromatic heterocycles. The lowest BCUT2D eigenvalue weighted by atomic mass is 9.98. The molecule has 1 amide bonds. The number of aliphatic hydroxyl groups is 1. The number of hydrazone groups is 1. The fraction of sp³-hybridized carbons (Fsp3) is 0.556. The van der Waals surface area contributed by atoms with Crippen molar-refractivity contribution in [1.82, 2.24) is 4.90 Å². The van der Waals surface area contributed by atoms with Gasteiger partial charge in [-0.3, -0.25) is 9.80 Å². The zero-order valence-electron chi connectivity index (χ0n) is 13.7. The van der Waals surface area contributed by atoms with E-state index >= 15 is 0 Å². The Balaban J connectivity index is 1.72. The highest BCUT2D eigenvalue weighted by molar-refractivity contribution is 5.95. The summed E-state index contributed by atoms with van der Waals surface area (Å²) in [4.78, 5) is 14.7. The van der Waals surface area contributed by atoms with Crippen molar-refractivity contribution in [3.8, 4) is 0 Å². The van der Waals surface area contributed by atoms with Crippen molar-refractivity contribution >= 4 is 17.3 Å². The average molecular weight is 315 g/mol. The number of rotatable bonds is 4. The van der Waals surface area contributed by atoms with E-state index in [9.17, 15) is 9.90 Å². The number of amides is 1. The molecule has 3 rings (SSSR count). The lowest BCUT2D eigenvalue weighted by molar-refractivity contribution is 0.0574. The largest absolute Gasteiger partial charge is 0.396 e. The van der Waals surface area contributed by atoms with Gasteiger partial charge in [0.25, 0.3) is 5.91 Å². The highest BCUT2D eigenvalue weighted by Crippen LogP contribution is 2.24. The average Bonchev–Trinajstić information content (AvgIpc) is 3.02. The minimum absolute atomic E-state index is 0.0794. The van der Waals surface area contributed by atoms with Crippen LogP contribution in [0.5, 0.6) is 0 Å². The first kappa shape index (κ1) is 16.0. The highest BCUT2D eigenvalue weighted by atomic mass is 16.3. The van der Waals surface area contributed by atoms with Gasteiger partial charge in [-0.05, 0) is 56.9 Å². The predicted octanol–water partition coefficient (Wildman–Crippen LogP) is 2.65. The van der Waals surface area contributed by atoms with Gasteiger partial charge in [0.05, 0.1) is 5.69 Å². The molecule has 1 unspecified atom stereocenters. The molecule has 124 valence electrons. The van der Waals surface area contributed by atoms with Gasteiger partial charge in [-0.2, -0.15) is 5.10 Å². The number of hydrogen-bond donors (Lipinski definition) is 1. The summed E-state index contributed by atoms with van der Waals surface area (Å²) in [6.45, 7) is 3.87. The number of nitrogens with zero attached hydrogens (tertiary/aromatic N) is 3. The smallest absolute Gasteiger partial charge is 0.254 e. The summed E-state index contributed by atoms with van der Waals surface area (Å²) in [6.07, 6.45) is 4.85. The first-order chi connectivity index (χ1) is 11.2. The summed E-state index contributed by atoms with van der Waals surface area (Å²) in [5, 5.41) is 15.7. The van der Waals surface area contributed by atoms with E-state index in [2.05, 4.69) is 5.10 Å². The van der Waals surface area contributed by atoms with Crippen LogP contribution in [-0.4, -0.2) is 47.4 Å². The van der Waals surface area contributed by atoms with E-state index < -0.39 is 0 Å². The van der Waals surface area contributed by atoms with Crippen molar-refractivity contribution in [2.75, 3.05) is 24.7 Å². The van der Waals surface area contributed by atoms with E-state index in [1.165, 1.54) is 0 Å². The molecule has 1 aromatic rings. The van der Waals surface area contributed by atoms with E-state index in [1.807, 2.05) is 41.1 Å². The van der Waals surface area contributed by atoms with Crippen LogP contribution in [0.15, 0.2) is 29.4 Å². The van der Waals surface area contributed by atoms with E-state index in [0.29, 0.717) is 6.42 Å². The van der Waals surface area contributed by atoms with E-state index in [4.69, 9.17) is 0 Å². The number of aliphatic hydroxyl groups excluding tert-OH is 1. The monoisotopic (exact) mass is 315 g/mol. The number of hydrogen-bond acceptors (Lipinski definition) is 4. The Morgan fingerprint density at radius 2 is 2.04 bits per heavy atom. The lowest BCUT2D eigenvalue weighted by Crippen LogP contribution is -2.44. The Morgan fingerprint density at radius 1 is 1.26 bits per heavy atom. The van der Waals surface area contributed by atoms with Crippen LogP contribution in [0.2, 0.25) is 0 Å². The zero-order chi connectivity index (χ0) is 16.2. The molecule has 0 spiro atoms. The minimum atomic E-state index is 0.0794. The molecule has 1 N–H and O–H groups in total. The molecule has 1 fully saturated rings. The quantitative estimate of drug-likeness (QED) is 0.929. The number of carbonyl (C=O) groups excluding carboxylic acids is 1. The molecule has 0 bridgehead atoms. The SMILES string of the molecule is CC1=NN(c2ccc(C(=O)N3CCCCC3CCO)cc2)CC1. The van der Waals surface area contributed by atoms with Crippen LogP contribution in [0.1, 0.15) is 49.4 Å². The fourth-order valence-electron chi connectivity index (χ4n) is 3.42. The molecule has 2 aliphatic rings. The molecular weight excluding hydrogens is 290 g/mol. The van der Waals surface area contributed by atoms with Crippen LogP contribution in [-0.2, 0) is 0 Å². The molecule has 23 heavy (non-hydrogen) atoms. The standard InChI is InChI=1S/C18H25N3O2/c1-14-9-12-21(19-14)17-7-5-15(6-8-17)18(23)20-11-3-2-4-16(20)10-13-22/h5-8,16,22H,2-4,9-13H2,1H3. The molecule has 1 atom stereocenters. The van der Waals surface area contributed by atoms with Gasteiger partial charge in [-0.1, -0.05) is 0 Å². The molecular formula is C18H25N3O2. The van der Waals surface area contributed by atoms with Crippen molar-refractivity contribution in [1.29, 1.82) is 0 Å². The maximum absolute atomic E-state index is 12.8. The second-order valence-electron chi connectivity index (χ2n) is 6.42. The number of anilines is 1. The molecule has 2 heterocycles. The summed E-state index contributed by atoms with van der Waals surface area (Å²) in [5.41, 5.74) is 2.90. The Hall–Kier alpha value is -1.88. The van der Waals surface area contributed by atoms with Crippen molar-refractivity contribution in [2.45, 2.75) is 45.1 Å². The normalized spacial score (nSPS) is 21.5. The van der Waals surface area contributed by atoms with Gasteiger partial charge in [0, 0.05) is 43.4 Å². The maximum Gasteiger partial charge on any atom is 0.254 e. The van der Waals surface area contributed by atoms with Gasteiger partial charge in [0.1, 0.15) is 0 Å². The van der Waals surface area contributed by atoms with Crippen LogP contribution < -0.4 is 5.01 Å². The van der Waals surface area contributed by atoms with Crippen molar-refractivity contribution in [2.24, 2.45) is 5.10 Å². The Morgan fingerprint density at radius 3 is 2.70 bits per heavy atom. The van der Waals surface area contributed by atoms with Crippen molar-refractivity contribution in [3.63, 3.8) is 0 Å². The summed E-state index contributed by atoms with van der Waals surface area (Å²) < 4.78 is 0. The Bertz CT molecular complexity index is 580. The van der Waals surface area contributed by atoms with Gasteiger partial charge in [-0.15, -0.1) is 0 Å². The molecule has 1 aromatic carbocycles. The minimum Gasteiger partial charge on any atom is -0.396 e. The lowest BCUT2D eigenvalue weighted by Gasteiger charge is -2.35. The molecule has 0 aliphatic carbocycles. The van der Waals surface area contributed by atoms with Gasteiger partial charge in [0.2, 0.25) is 0 Å². The third kappa shape index (κ3) is 3.55. The second kappa shape index (κ2) is 7.13. The number of piperidine rings is 1. The summed E-state index contributed by atoms with van der Waals surface area (Å²) in [5.74, 6) is 0.0794. The third-order valence-electron chi connectivity index (χ3n) is 4.74. The van der Waals surface area contributed by atoms with E-state index in [-0.39, 0.29) is 18.6 Å². The second-order valence-corrected chi connectivity index (χ2v) is 6.42. The molecule has 5 nitrogen and oxygen atoms in total. The molecule has 2 aliphatic heterocycles. The van der Waals surface area contributed by atoms with Crippen LogP contribution in [0.25, 0.3) is 0 Å². The summed E-state index contributed by atoms with van der Waals surface area (Å²) >= 11 is 0. The number of benzene rings is 1. The van der Waals surface area contributed by atoms with Crippen LogP contribution in [0, 0.1) is 0 Å². The van der Waals surface area contributed by atoms with Crippen LogP contribution in [0.3, 0.4) is 0 Å². The Kier molecular flexibility index (Phi) is 4.96. The molecule has 1 saturated heterocycles. The zero-order valence-corrected chi connectivity index (χ0v) is 13.7. The fourth-order valence-corrected chi connectivity index (χ4v) is 3.42. The summed E-state index contributed by atoms with van der Waals surface area (Å²) in [7, 11) is 0. The topological polar surface area (TPSA) is 56.1 Å². The van der Waals surface area contributed by atoms with Gasteiger partial charge < -0.3 is 10.0 Å². The number of carbonyl (C=O) groups is 1. The predicted molar refractivity (Wildman–Crippen MR) is 91.9 cm³/mol. The van der Waals surface area contributed by atoms with Crippen LogP contribution in [0.4, 0.5) is 5.69 Å². The van der Waals surface area contributed by atoms with Gasteiger partial charge in [0.15, 0.2) is 0 Å². The van der Waals surface area contributed by atoms with Crippen molar-refractivity contribution in [3.05, 3.63) is 29.8 Å². The first-order valence-electron chi connectivity index (χ1n) is 8.52. The van der Waals surface area contributed by atoms with E-state index in [1.54, 1.807) is 0 Å². The Labute approximate surface area is 137 Å². The molecule has 0 radical (unpaired) electrons. The molecule has 0 saturated carbocycles. The van der Waals surface area contributed by atoms with Gasteiger partial charge >= 0.3 is 0 Å². The third-order valence-corrected chi connectivity index (χ3v) is 4.74.